The number of benzene rings is 2. The lowest BCUT2D eigenvalue weighted by Crippen LogP contribution is -2.42. The van der Waals surface area contributed by atoms with Crippen LogP contribution in [0.15, 0.2) is 41.6 Å². The van der Waals surface area contributed by atoms with E-state index in [9.17, 15) is 18.3 Å². The van der Waals surface area contributed by atoms with E-state index in [4.69, 9.17) is 28.0 Å². The van der Waals surface area contributed by atoms with E-state index in [1.54, 1.807) is 18.2 Å². The third-order valence-electron chi connectivity index (χ3n) is 5.17. The lowest BCUT2D eigenvalue weighted by atomic mass is 9.86. The number of rotatable bonds is 5. The zero-order valence-corrected chi connectivity index (χ0v) is 18.2. The van der Waals surface area contributed by atoms with Crippen molar-refractivity contribution >= 4 is 28.9 Å². The number of aryl methyl sites for hydroxylation is 1. The van der Waals surface area contributed by atoms with Crippen LogP contribution in [0.5, 0.6) is 0 Å². The molecule has 8 heteroatoms. The van der Waals surface area contributed by atoms with Crippen LogP contribution in [0.4, 0.5) is 13.2 Å². The fourth-order valence-electron chi connectivity index (χ4n) is 3.65. The van der Waals surface area contributed by atoms with Gasteiger partial charge in [0, 0.05) is 22.0 Å². The van der Waals surface area contributed by atoms with Gasteiger partial charge in [0.2, 0.25) is 0 Å². The van der Waals surface area contributed by atoms with E-state index in [2.05, 4.69) is 5.16 Å². The van der Waals surface area contributed by atoms with Gasteiger partial charge in [-0.2, -0.15) is 13.2 Å². The first-order valence-corrected chi connectivity index (χ1v) is 10.3. The number of oxime groups is 1. The molecule has 2 aromatic rings. The molecule has 0 amide bonds. The summed E-state index contributed by atoms with van der Waals surface area (Å²) in [5, 5.41) is 14.3. The van der Waals surface area contributed by atoms with E-state index in [1.807, 2.05) is 20.8 Å². The molecule has 30 heavy (non-hydrogen) atoms. The van der Waals surface area contributed by atoms with Crippen LogP contribution in [0, 0.1) is 12.8 Å². The summed E-state index contributed by atoms with van der Waals surface area (Å²) in [4.78, 5) is 5.03. The average molecular weight is 460 g/mol. The quantitative estimate of drug-likeness (QED) is 0.524. The molecule has 2 atom stereocenters. The van der Waals surface area contributed by atoms with E-state index >= 15 is 0 Å². The topological polar surface area (TPSA) is 41.8 Å². The van der Waals surface area contributed by atoms with Gasteiger partial charge < -0.3 is 9.94 Å². The molecule has 0 saturated heterocycles. The normalized spacial score (nSPS) is 20.3. The van der Waals surface area contributed by atoms with Gasteiger partial charge in [0.25, 0.3) is 5.60 Å². The molecule has 1 aliphatic rings. The van der Waals surface area contributed by atoms with Gasteiger partial charge in [-0.05, 0) is 60.2 Å². The van der Waals surface area contributed by atoms with Crippen LogP contribution in [-0.4, -0.2) is 17.0 Å². The smallest absolute Gasteiger partial charge is 0.388 e. The second-order valence-electron chi connectivity index (χ2n) is 8.01. The van der Waals surface area contributed by atoms with E-state index in [-0.39, 0.29) is 21.3 Å². The van der Waals surface area contributed by atoms with Crippen molar-refractivity contribution in [2.45, 2.75) is 51.5 Å². The summed E-state index contributed by atoms with van der Waals surface area (Å²) in [6.45, 7) is 5.83. The molecule has 0 fully saturated rings. The number of alkyl halides is 3. The molecule has 3 nitrogen and oxygen atoms in total. The van der Waals surface area contributed by atoms with E-state index < -0.39 is 24.3 Å². The second-order valence-corrected chi connectivity index (χ2v) is 8.88. The first-order chi connectivity index (χ1) is 13.9. The average Bonchev–Trinajstić information content (AvgIpc) is 3.06. The zero-order valence-electron chi connectivity index (χ0n) is 16.7. The molecule has 0 saturated carbocycles. The van der Waals surface area contributed by atoms with E-state index in [0.717, 1.165) is 11.1 Å². The van der Waals surface area contributed by atoms with Crippen molar-refractivity contribution in [2.75, 3.05) is 0 Å². The number of nitrogens with zero attached hydrogens (tertiary/aromatic N) is 1. The molecule has 1 N–H and O–H groups in total. The molecule has 0 radical (unpaired) electrons. The van der Waals surface area contributed by atoms with Crippen LogP contribution < -0.4 is 0 Å². The monoisotopic (exact) mass is 459 g/mol. The Morgan fingerprint density at radius 1 is 1.13 bits per heavy atom. The van der Waals surface area contributed by atoms with Crippen LogP contribution in [0.2, 0.25) is 10.0 Å². The fourth-order valence-corrected chi connectivity index (χ4v) is 4.17. The van der Waals surface area contributed by atoms with Crippen LogP contribution in [0.25, 0.3) is 0 Å². The fraction of sp³-hybridized carbons (Fsp3) is 0.409. The third-order valence-corrected chi connectivity index (χ3v) is 5.61. The third kappa shape index (κ3) is 4.46. The highest BCUT2D eigenvalue weighted by atomic mass is 35.5. The lowest BCUT2D eigenvalue weighted by molar-refractivity contribution is -0.275. The van der Waals surface area contributed by atoms with Gasteiger partial charge in [0.1, 0.15) is 0 Å². The van der Waals surface area contributed by atoms with Crippen molar-refractivity contribution in [3.8, 4) is 0 Å². The summed E-state index contributed by atoms with van der Waals surface area (Å²) >= 11 is 11.9. The molecule has 1 heterocycles. The van der Waals surface area contributed by atoms with Gasteiger partial charge in [-0.3, -0.25) is 0 Å². The number of halogens is 5. The molecule has 0 bridgehead atoms. The van der Waals surface area contributed by atoms with Crippen molar-refractivity contribution in [1.29, 1.82) is 0 Å². The van der Waals surface area contributed by atoms with Gasteiger partial charge in [0.05, 0.1) is 11.8 Å². The summed E-state index contributed by atoms with van der Waals surface area (Å²) < 4.78 is 42.3. The highest BCUT2D eigenvalue weighted by Gasteiger charge is 2.62. The van der Waals surface area contributed by atoms with Crippen LogP contribution in [0.3, 0.4) is 0 Å². The summed E-state index contributed by atoms with van der Waals surface area (Å²) in [6, 6.07) is 8.85. The van der Waals surface area contributed by atoms with Crippen LogP contribution >= 0.6 is 23.2 Å². The molecule has 2 aromatic carbocycles. The number of aliphatic hydroxyl groups excluding tert-OH is 1. The van der Waals surface area contributed by atoms with Gasteiger partial charge >= 0.3 is 6.18 Å². The summed E-state index contributed by atoms with van der Waals surface area (Å²) in [7, 11) is 0. The van der Waals surface area contributed by atoms with Crippen molar-refractivity contribution in [3.63, 3.8) is 0 Å². The summed E-state index contributed by atoms with van der Waals surface area (Å²) in [6.07, 6.45) is -5.30. The molecule has 0 spiro atoms. The summed E-state index contributed by atoms with van der Waals surface area (Å²) in [5.74, 6) is 0.309. The Morgan fingerprint density at radius 3 is 2.30 bits per heavy atom. The predicted octanol–water partition coefficient (Wildman–Crippen LogP) is 6.96. The number of hydrogen-bond donors (Lipinski definition) is 1. The molecular formula is C22H22Cl2F3NO2. The predicted molar refractivity (Wildman–Crippen MR) is 112 cm³/mol. The standard InChI is InChI=1S/C22H22Cl2F3NO2/c1-12(2)6-20(29)18-5-4-14(7-13(18)3)19-11-21(30-28-19,22(25,26)27)15-8-16(23)10-17(24)9-15/h4-5,7-10,12,20,29H,6,11H2,1-3H3. The van der Waals surface area contributed by atoms with Gasteiger partial charge in [-0.1, -0.05) is 54.3 Å². The van der Waals surface area contributed by atoms with E-state index in [1.165, 1.54) is 18.2 Å². The van der Waals surface area contributed by atoms with E-state index in [0.29, 0.717) is 17.9 Å². The van der Waals surface area contributed by atoms with Crippen molar-refractivity contribution in [2.24, 2.45) is 11.1 Å². The first kappa shape index (κ1) is 22.9. The van der Waals surface area contributed by atoms with Crippen molar-refractivity contribution in [1.82, 2.24) is 0 Å². The maximum atomic E-state index is 14.1. The van der Waals surface area contributed by atoms with Crippen LogP contribution in [0.1, 0.15) is 55.0 Å². The highest BCUT2D eigenvalue weighted by Crippen LogP contribution is 2.49. The number of aliphatic hydroxyl groups is 1. The molecule has 2 unspecified atom stereocenters. The number of hydrogen-bond acceptors (Lipinski definition) is 3. The Morgan fingerprint density at radius 2 is 1.77 bits per heavy atom. The Bertz CT molecular complexity index is 955. The largest absolute Gasteiger partial charge is 0.435 e. The van der Waals surface area contributed by atoms with Crippen molar-refractivity contribution < 1.29 is 23.1 Å². The zero-order chi connectivity index (χ0) is 22.3. The lowest BCUT2D eigenvalue weighted by Gasteiger charge is -2.29. The minimum atomic E-state index is -4.74. The van der Waals surface area contributed by atoms with Gasteiger partial charge in [-0.25, -0.2) is 0 Å². The molecule has 3 rings (SSSR count). The Labute approximate surface area is 183 Å². The molecule has 0 aliphatic carbocycles. The minimum absolute atomic E-state index is 0.0810. The SMILES string of the molecule is Cc1cc(C2=NOC(c3cc(Cl)cc(Cl)c3)(C(F)(F)F)C2)ccc1C(O)CC(C)C. The molecule has 162 valence electrons. The van der Waals surface area contributed by atoms with Crippen molar-refractivity contribution in [3.05, 3.63) is 68.7 Å². The molecule has 0 aromatic heterocycles. The Balaban J connectivity index is 1.94. The minimum Gasteiger partial charge on any atom is -0.388 e. The maximum absolute atomic E-state index is 14.1. The van der Waals surface area contributed by atoms with Crippen LogP contribution in [-0.2, 0) is 10.4 Å². The first-order valence-electron chi connectivity index (χ1n) is 9.50. The molecular weight excluding hydrogens is 438 g/mol. The Hall–Kier alpha value is -1.76. The molecule has 1 aliphatic heterocycles. The summed E-state index contributed by atoms with van der Waals surface area (Å²) in [5.41, 5.74) is -0.675. The second kappa shape index (κ2) is 8.40. The maximum Gasteiger partial charge on any atom is 0.435 e. The highest BCUT2D eigenvalue weighted by molar-refractivity contribution is 6.34. The van der Waals surface area contributed by atoms with Gasteiger partial charge in [-0.15, -0.1) is 0 Å². The van der Waals surface area contributed by atoms with Gasteiger partial charge in [0.15, 0.2) is 0 Å². The Kier molecular flexibility index (Phi) is 6.42.